The molecular weight excluding hydrogens is 398 g/mol. The van der Waals surface area contributed by atoms with Crippen LogP contribution in [0.5, 0.6) is 23.0 Å². The number of phenols is 4. The van der Waals surface area contributed by atoms with Gasteiger partial charge in [0.1, 0.15) is 5.69 Å². The van der Waals surface area contributed by atoms with Crippen LogP contribution in [-0.4, -0.2) is 49.6 Å². The number of aromatic nitrogens is 1. The van der Waals surface area contributed by atoms with E-state index in [-0.39, 0.29) is 5.56 Å². The van der Waals surface area contributed by atoms with Crippen LogP contribution >= 0.6 is 0 Å². The molecule has 0 bridgehead atoms. The van der Waals surface area contributed by atoms with Crippen LogP contribution in [0.2, 0.25) is 0 Å². The highest BCUT2D eigenvalue weighted by atomic mass is 19.1. The van der Waals surface area contributed by atoms with Gasteiger partial charge in [-0.2, -0.15) is 4.39 Å². The summed E-state index contributed by atoms with van der Waals surface area (Å²) >= 11 is 0. The normalized spacial score (nSPS) is 17.2. The summed E-state index contributed by atoms with van der Waals surface area (Å²) in [5, 5.41) is 40.9. The number of hydrogen-bond acceptors (Lipinski definition) is 8. The Bertz CT molecular complexity index is 997. The molecule has 1 aliphatic rings. The third-order valence-electron chi connectivity index (χ3n) is 5.45. The summed E-state index contributed by atoms with van der Waals surface area (Å²) in [6.45, 7) is 9.06. The van der Waals surface area contributed by atoms with Crippen LogP contribution in [0, 0.1) is 12.7 Å². The third-order valence-corrected chi connectivity index (χ3v) is 5.45. The number of pyridine rings is 1. The Labute approximate surface area is 172 Å². The quantitative estimate of drug-likeness (QED) is 0.288. The van der Waals surface area contributed by atoms with Crippen molar-refractivity contribution in [3.05, 3.63) is 29.3 Å². The second kappa shape index (κ2) is 7.03. The second-order valence-corrected chi connectivity index (χ2v) is 8.03. The summed E-state index contributed by atoms with van der Waals surface area (Å²) in [5.41, 5.74) is -1.15. The molecule has 9 nitrogen and oxygen atoms in total. The smallest absolute Gasteiger partial charge is 0.496 e. The number of amides is 1. The van der Waals surface area contributed by atoms with Gasteiger partial charge in [-0.15, -0.1) is 0 Å². The van der Waals surface area contributed by atoms with Crippen LogP contribution in [0.4, 0.5) is 10.1 Å². The molecule has 11 heteroatoms. The van der Waals surface area contributed by atoms with Crippen LogP contribution in [0.25, 0.3) is 0 Å². The molecule has 1 aliphatic heterocycles. The number of phenolic OH excluding ortho intramolecular Hbond substituents is 4. The fraction of sp³-hybridized carbons (Fsp3) is 0.368. The number of nitrogens with zero attached hydrogens (tertiary/aromatic N) is 1. The van der Waals surface area contributed by atoms with Crippen molar-refractivity contribution >= 4 is 24.2 Å². The number of halogens is 1. The number of aromatic hydroxyl groups is 4. The number of benzene rings is 1. The maximum absolute atomic E-state index is 13.5. The first-order valence-corrected chi connectivity index (χ1v) is 9.05. The summed E-state index contributed by atoms with van der Waals surface area (Å²) in [4.78, 5) is 16.9. The average molecular weight is 420 g/mol. The lowest BCUT2D eigenvalue weighted by atomic mass is 9.79. The van der Waals surface area contributed by atoms with Crippen molar-refractivity contribution in [2.45, 2.75) is 45.8 Å². The van der Waals surface area contributed by atoms with Gasteiger partial charge < -0.3 is 35.1 Å². The Morgan fingerprint density at radius 1 is 1.03 bits per heavy atom. The van der Waals surface area contributed by atoms with E-state index in [0.717, 1.165) is 0 Å². The largest absolute Gasteiger partial charge is 0.503 e. The molecular formula is C19H22BFN2O7. The molecule has 1 amide bonds. The summed E-state index contributed by atoms with van der Waals surface area (Å²) in [7, 11) is -0.782. The van der Waals surface area contributed by atoms with Crippen molar-refractivity contribution in [3.63, 3.8) is 0 Å². The van der Waals surface area contributed by atoms with E-state index >= 15 is 0 Å². The van der Waals surface area contributed by atoms with E-state index < -0.39 is 58.7 Å². The third kappa shape index (κ3) is 3.39. The van der Waals surface area contributed by atoms with Gasteiger partial charge in [0.2, 0.25) is 17.3 Å². The fourth-order valence-electron chi connectivity index (χ4n) is 2.86. The van der Waals surface area contributed by atoms with Gasteiger partial charge in [0, 0.05) is 17.4 Å². The van der Waals surface area contributed by atoms with E-state index in [9.17, 15) is 29.6 Å². The molecule has 2 aromatic rings. The molecule has 0 radical (unpaired) electrons. The van der Waals surface area contributed by atoms with Crippen molar-refractivity contribution in [1.82, 2.24) is 4.98 Å². The maximum Gasteiger partial charge on any atom is 0.496 e. The highest BCUT2D eigenvalue weighted by Crippen LogP contribution is 2.48. The molecule has 1 fully saturated rings. The van der Waals surface area contributed by atoms with Gasteiger partial charge in [-0.3, -0.25) is 9.78 Å². The van der Waals surface area contributed by atoms with E-state index in [4.69, 9.17) is 9.31 Å². The van der Waals surface area contributed by atoms with Crippen LogP contribution in [0.1, 0.15) is 43.7 Å². The molecule has 160 valence electrons. The number of rotatable bonds is 3. The molecule has 0 atom stereocenters. The Morgan fingerprint density at radius 2 is 1.53 bits per heavy atom. The highest BCUT2D eigenvalue weighted by Gasteiger charge is 2.52. The minimum Gasteiger partial charge on any atom is -0.503 e. The molecule has 1 saturated heterocycles. The Morgan fingerprint density at radius 3 is 2.03 bits per heavy atom. The zero-order chi connectivity index (χ0) is 22.6. The second-order valence-electron chi connectivity index (χ2n) is 8.03. The molecule has 30 heavy (non-hydrogen) atoms. The van der Waals surface area contributed by atoms with Gasteiger partial charge in [0.05, 0.1) is 16.8 Å². The van der Waals surface area contributed by atoms with Crippen LogP contribution in [-0.2, 0) is 9.31 Å². The summed E-state index contributed by atoms with van der Waals surface area (Å²) in [6, 6.07) is 1.47. The number of hydrogen-bond donors (Lipinski definition) is 5. The van der Waals surface area contributed by atoms with Crippen LogP contribution in [0.3, 0.4) is 0 Å². The van der Waals surface area contributed by atoms with Crippen molar-refractivity contribution < 1.29 is 38.9 Å². The first-order valence-electron chi connectivity index (χ1n) is 9.05. The predicted molar refractivity (Wildman–Crippen MR) is 106 cm³/mol. The van der Waals surface area contributed by atoms with E-state index in [1.807, 2.05) is 27.7 Å². The number of carbonyl (C=O) groups excluding carboxylic acids is 1. The molecule has 5 N–H and O–H groups in total. The number of nitrogens with one attached hydrogen (secondary N) is 1. The lowest BCUT2D eigenvalue weighted by Gasteiger charge is -2.32. The SMILES string of the molecule is Cc1ncc(B2OC(C)(C)C(C)(C)O2)cc1C(=O)Nc1c(O)c(O)c(F)c(O)c1O. The minimum atomic E-state index is -1.62. The molecule has 3 rings (SSSR count). The zero-order valence-corrected chi connectivity index (χ0v) is 17.1. The molecule has 0 unspecified atom stereocenters. The van der Waals surface area contributed by atoms with Crippen molar-refractivity contribution in [2.75, 3.05) is 5.32 Å². The van der Waals surface area contributed by atoms with Crippen molar-refractivity contribution in [2.24, 2.45) is 0 Å². The number of anilines is 1. The number of aryl methyl sites for hydroxylation is 1. The van der Waals surface area contributed by atoms with Gasteiger partial charge in [-0.25, -0.2) is 0 Å². The standard InChI is InChI=1S/C19H22BFN2O7/c1-8-10(6-9(7-22-8)20-29-18(2,3)19(4,5)30-20)17(28)23-12-15(26)13(24)11(21)14(25)16(12)27/h6-7,24-27H,1-5H3,(H,23,28). The predicted octanol–water partition coefficient (Wildman–Crippen LogP) is 1.90. The average Bonchev–Trinajstić information content (AvgIpc) is 2.89. The van der Waals surface area contributed by atoms with E-state index in [1.165, 1.54) is 12.3 Å². The van der Waals surface area contributed by atoms with Gasteiger partial charge in [0.25, 0.3) is 5.91 Å². The molecule has 0 spiro atoms. The van der Waals surface area contributed by atoms with E-state index in [1.54, 1.807) is 6.92 Å². The monoisotopic (exact) mass is 420 g/mol. The van der Waals surface area contributed by atoms with Gasteiger partial charge in [0.15, 0.2) is 11.5 Å². The van der Waals surface area contributed by atoms with Crippen LogP contribution < -0.4 is 10.8 Å². The van der Waals surface area contributed by atoms with Crippen molar-refractivity contribution in [3.8, 4) is 23.0 Å². The Hall–Kier alpha value is -3.05. The minimum absolute atomic E-state index is 0.0457. The van der Waals surface area contributed by atoms with Crippen LogP contribution in [0.15, 0.2) is 12.3 Å². The molecule has 1 aromatic carbocycles. The molecule has 0 saturated carbocycles. The molecule has 0 aliphatic carbocycles. The Kier molecular flexibility index (Phi) is 5.07. The van der Waals surface area contributed by atoms with E-state index in [0.29, 0.717) is 11.2 Å². The highest BCUT2D eigenvalue weighted by molar-refractivity contribution is 6.62. The Balaban J connectivity index is 1.95. The van der Waals surface area contributed by atoms with Gasteiger partial charge >= 0.3 is 7.12 Å². The van der Waals surface area contributed by atoms with Gasteiger partial charge in [-0.1, -0.05) is 0 Å². The summed E-state index contributed by atoms with van der Waals surface area (Å²) in [5.74, 6) is -7.37. The topological polar surface area (TPSA) is 141 Å². The number of carbonyl (C=O) groups is 1. The lowest BCUT2D eigenvalue weighted by Crippen LogP contribution is -2.41. The molecule has 2 heterocycles. The maximum atomic E-state index is 13.5. The zero-order valence-electron chi connectivity index (χ0n) is 17.1. The fourth-order valence-corrected chi connectivity index (χ4v) is 2.86. The first kappa shape index (κ1) is 21.7. The summed E-state index contributed by atoms with van der Waals surface area (Å²) in [6.07, 6.45) is 1.50. The van der Waals surface area contributed by atoms with Crippen molar-refractivity contribution in [1.29, 1.82) is 0 Å². The van der Waals surface area contributed by atoms with E-state index in [2.05, 4.69) is 10.3 Å². The van der Waals surface area contributed by atoms with Gasteiger partial charge in [-0.05, 0) is 40.7 Å². The first-order chi connectivity index (χ1) is 13.8. The lowest BCUT2D eigenvalue weighted by molar-refractivity contribution is 0.00578. The molecule has 1 aromatic heterocycles. The summed E-state index contributed by atoms with van der Waals surface area (Å²) < 4.78 is 25.4.